The van der Waals surface area contributed by atoms with E-state index < -0.39 is 0 Å². The van der Waals surface area contributed by atoms with Gasteiger partial charge in [0.2, 0.25) is 0 Å². The minimum Gasteiger partial charge on any atom is -0.492 e. The minimum atomic E-state index is -0.0793. The van der Waals surface area contributed by atoms with Gasteiger partial charge in [0.1, 0.15) is 5.69 Å². The van der Waals surface area contributed by atoms with Gasteiger partial charge < -0.3 is 9.47 Å². The molecule has 0 bridgehead atoms. The van der Waals surface area contributed by atoms with Crippen LogP contribution in [0.15, 0.2) is 48.5 Å². The normalized spacial score (nSPS) is 14.5. The topological polar surface area (TPSA) is 56.6 Å². The molecule has 162 valence electrons. The fraction of sp³-hybridized carbons (Fsp3) is 0.304. The molecule has 6 nitrogen and oxygen atoms in total. The maximum Gasteiger partial charge on any atom is 0.188 e. The number of aromatic nitrogens is 2. The van der Waals surface area contributed by atoms with E-state index in [4.69, 9.17) is 32.7 Å². The molecule has 2 aromatic carbocycles. The molecule has 1 saturated heterocycles. The molecule has 0 amide bonds. The summed E-state index contributed by atoms with van der Waals surface area (Å²) in [7, 11) is 1.55. The Morgan fingerprint density at radius 2 is 1.81 bits per heavy atom. The summed E-state index contributed by atoms with van der Waals surface area (Å²) < 4.78 is 12.8. The third-order valence-electron chi connectivity index (χ3n) is 5.27. The van der Waals surface area contributed by atoms with E-state index in [9.17, 15) is 4.79 Å². The van der Waals surface area contributed by atoms with Gasteiger partial charge in [-0.3, -0.25) is 9.69 Å². The van der Waals surface area contributed by atoms with Crippen LogP contribution < -0.4 is 4.74 Å². The number of carbonyl (C=O) groups is 1. The number of hydrogen-bond acceptors (Lipinski definition) is 5. The highest BCUT2D eigenvalue weighted by Crippen LogP contribution is 2.37. The van der Waals surface area contributed by atoms with Crippen LogP contribution in [0.2, 0.25) is 10.0 Å². The van der Waals surface area contributed by atoms with Crippen molar-refractivity contribution in [3.05, 3.63) is 64.3 Å². The van der Waals surface area contributed by atoms with Crippen LogP contribution in [-0.4, -0.2) is 60.4 Å². The van der Waals surface area contributed by atoms with E-state index in [0.29, 0.717) is 59.0 Å². The van der Waals surface area contributed by atoms with Gasteiger partial charge in [-0.25, -0.2) is 4.68 Å². The van der Waals surface area contributed by atoms with Crippen LogP contribution in [0.5, 0.6) is 5.75 Å². The number of nitrogens with zero attached hydrogens (tertiary/aromatic N) is 3. The van der Waals surface area contributed by atoms with Crippen molar-refractivity contribution >= 4 is 29.0 Å². The zero-order chi connectivity index (χ0) is 21.8. The zero-order valence-corrected chi connectivity index (χ0v) is 18.7. The smallest absolute Gasteiger partial charge is 0.188 e. The third-order valence-corrected chi connectivity index (χ3v) is 5.84. The summed E-state index contributed by atoms with van der Waals surface area (Å²) in [5.41, 5.74) is 2.43. The molecule has 0 unspecified atom stereocenters. The molecule has 1 aliphatic rings. The van der Waals surface area contributed by atoms with Crippen molar-refractivity contribution in [3.63, 3.8) is 0 Å². The monoisotopic (exact) mass is 459 g/mol. The quantitative estimate of drug-likeness (QED) is 0.476. The highest BCUT2D eigenvalue weighted by Gasteiger charge is 2.27. The number of para-hydroxylation sites is 1. The number of halogens is 2. The van der Waals surface area contributed by atoms with Crippen LogP contribution in [0.25, 0.3) is 16.9 Å². The van der Waals surface area contributed by atoms with Crippen LogP contribution in [0.1, 0.15) is 16.9 Å². The first kappa shape index (κ1) is 21.8. The lowest BCUT2D eigenvalue weighted by Gasteiger charge is -2.26. The number of morpholine rings is 1. The van der Waals surface area contributed by atoms with E-state index >= 15 is 0 Å². The standard InChI is InChI=1S/C23H23Cl2N3O3/c1-30-23-21(20(29)10-11-27-12-14-31-15-13-27)26-28(19-5-3-2-4-18(19)25)22(23)16-6-8-17(24)9-7-16/h2-9H,10-15H2,1H3. The maximum atomic E-state index is 13.2. The van der Waals surface area contributed by atoms with Crippen molar-refractivity contribution in [2.24, 2.45) is 0 Å². The summed E-state index contributed by atoms with van der Waals surface area (Å²) in [6.45, 7) is 3.70. The first-order valence-electron chi connectivity index (χ1n) is 10.1. The van der Waals surface area contributed by atoms with Gasteiger partial charge in [-0.05, 0) is 24.3 Å². The predicted octanol–water partition coefficient (Wildman–Crippen LogP) is 4.76. The third kappa shape index (κ3) is 4.77. The first-order valence-corrected chi connectivity index (χ1v) is 10.8. The summed E-state index contributed by atoms with van der Waals surface area (Å²) in [5.74, 6) is 0.346. The molecule has 0 radical (unpaired) electrons. The van der Waals surface area contributed by atoms with Gasteiger partial charge in [-0.15, -0.1) is 0 Å². The van der Waals surface area contributed by atoms with Gasteiger partial charge in [0.05, 0.1) is 31.0 Å². The van der Waals surface area contributed by atoms with Crippen LogP contribution in [0.4, 0.5) is 0 Å². The summed E-state index contributed by atoms with van der Waals surface area (Å²) in [5, 5.41) is 5.80. The Kier molecular flexibility index (Phi) is 6.92. The second kappa shape index (κ2) is 9.83. The second-order valence-electron chi connectivity index (χ2n) is 7.23. The van der Waals surface area contributed by atoms with Crippen LogP contribution in [0.3, 0.4) is 0 Å². The molecular weight excluding hydrogens is 437 g/mol. The molecule has 0 N–H and O–H groups in total. The highest BCUT2D eigenvalue weighted by molar-refractivity contribution is 6.32. The molecule has 2 heterocycles. The number of rotatable bonds is 7. The van der Waals surface area contributed by atoms with Crippen molar-refractivity contribution in [2.75, 3.05) is 40.0 Å². The van der Waals surface area contributed by atoms with Gasteiger partial charge in [-0.1, -0.05) is 47.5 Å². The molecule has 1 aliphatic heterocycles. The van der Waals surface area contributed by atoms with Gasteiger partial charge in [-0.2, -0.15) is 5.10 Å². The predicted molar refractivity (Wildman–Crippen MR) is 122 cm³/mol. The van der Waals surface area contributed by atoms with E-state index in [1.165, 1.54) is 0 Å². The van der Waals surface area contributed by atoms with E-state index in [0.717, 1.165) is 18.7 Å². The average Bonchev–Trinajstić information content (AvgIpc) is 3.18. The lowest BCUT2D eigenvalue weighted by atomic mass is 10.1. The Morgan fingerprint density at radius 3 is 2.48 bits per heavy atom. The number of benzene rings is 2. The van der Waals surface area contributed by atoms with Crippen molar-refractivity contribution in [2.45, 2.75) is 6.42 Å². The molecule has 31 heavy (non-hydrogen) atoms. The number of carbonyl (C=O) groups excluding carboxylic acids is 1. The van der Waals surface area contributed by atoms with Gasteiger partial charge in [0, 0.05) is 36.6 Å². The van der Waals surface area contributed by atoms with Crippen molar-refractivity contribution < 1.29 is 14.3 Å². The molecule has 0 saturated carbocycles. The minimum absolute atomic E-state index is 0.0793. The Morgan fingerprint density at radius 1 is 1.10 bits per heavy atom. The van der Waals surface area contributed by atoms with Crippen molar-refractivity contribution in [1.82, 2.24) is 14.7 Å². The molecule has 0 aliphatic carbocycles. The fourth-order valence-electron chi connectivity index (χ4n) is 3.64. The molecule has 1 fully saturated rings. The molecule has 1 aromatic heterocycles. The zero-order valence-electron chi connectivity index (χ0n) is 17.2. The number of ether oxygens (including phenoxy) is 2. The molecule has 3 aromatic rings. The molecule has 8 heteroatoms. The summed E-state index contributed by atoms with van der Waals surface area (Å²) >= 11 is 12.5. The maximum absolute atomic E-state index is 13.2. The number of methoxy groups -OCH3 is 1. The van der Waals surface area contributed by atoms with Gasteiger partial charge in [0.15, 0.2) is 17.2 Å². The van der Waals surface area contributed by atoms with Crippen LogP contribution in [0, 0.1) is 0 Å². The van der Waals surface area contributed by atoms with Crippen molar-refractivity contribution in [1.29, 1.82) is 0 Å². The Bertz CT molecular complexity index is 1060. The summed E-state index contributed by atoms with van der Waals surface area (Å²) in [6.07, 6.45) is 0.343. The fourth-order valence-corrected chi connectivity index (χ4v) is 3.98. The highest BCUT2D eigenvalue weighted by atomic mass is 35.5. The first-order chi connectivity index (χ1) is 15.1. The molecular formula is C23H23Cl2N3O3. The number of ketones is 1. The number of Topliss-reactive ketones (excluding diaryl/α,β-unsaturated/α-hetero) is 1. The van der Waals surface area contributed by atoms with Gasteiger partial charge in [0.25, 0.3) is 0 Å². The van der Waals surface area contributed by atoms with E-state index in [1.807, 2.05) is 30.3 Å². The van der Waals surface area contributed by atoms with E-state index in [1.54, 1.807) is 30.0 Å². The van der Waals surface area contributed by atoms with Gasteiger partial charge >= 0.3 is 0 Å². The lowest BCUT2D eigenvalue weighted by molar-refractivity contribution is 0.0369. The average molecular weight is 460 g/mol. The van der Waals surface area contributed by atoms with Crippen molar-refractivity contribution in [3.8, 4) is 22.7 Å². The summed E-state index contributed by atoms with van der Waals surface area (Å²) in [4.78, 5) is 15.4. The van der Waals surface area contributed by atoms with E-state index in [-0.39, 0.29) is 5.78 Å². The Labute approximate surface area is 191 Å². The molecule has 0 spiro atoms. The second-order valence-corrected chi connectivity index (χ2v) is 8.07. The Hall–Kier alpha value is -2.38. The van der Waals surface area contributed by atoms with Crippen LogP contribution in [-0.2, 0) is 4.74 Å². The molecule has 0 atom stereocenters. The SMILES string of the molecule is COc1c(C(=O)CCN2CCOCC2)nn(-c2ccccc2Cl)c1-c1ccc(Cl)cc1. The summed E-state index contributed by atoms with van der Waals surface area (Å²) in [6, 6.07) is 14.7. The number of hydrogen-bond donors (Lipinski definition) is 0. The lowest BCUT2D eigenvalue weighted by Crippen LogP contribution is -2.37. The van der Waals surface area contributed by atoms with Crippen LogP contribution >= 0.6 is 23.2 Å². The molecule has 4 rings (SSSR count). The largest absolute Gasteiger partial charge is 0.492 e. The Balaban J connectivity index is 1.75. The van der Waals surface area contributed by atoms with E-state index in [2.05, 4.69) is 10.00 Å².